The summed E-state index contributed by atoms with van der Waals surface area (Å²) in [5.74, 6) is -0.841. The highest BCUT2D eigenvalue weighted by Crippen LogP contribution is 2.48. The minimum absolute atomic E-state index is 0.0717. The van der Waals surface area contributed by atoms with Crippen LogP contribution in [0.3, 0.4) is 0 Å². The van der Waals surface area contributed by atoms with Crippen LogP contribution in [0.15, 0.2) is 22.3 Å². The number of ether oxygens (including phenoxy) is 1. The predicted molar refractivity (Wildman–Crippen MR) is 85.0 cm³/mol. The predicted octanol–water partition coefficient (Wildman–Crippen LogP) is 4.63. The average molecular weight is 356 g/mol. The zero-order valence-electron chi connectivity index (χ0n) is 13.2. The standard InChI is InChI=1S/C16H15F3N2O2S/c1-3-9-5-8-6-10(8)11(7-20-9)13-12(14(22)23-4-2)21-15(24-13)16(17,18)19/h7H,3-6H2,1-2H3. The number of hydrogen-bond acceptors (Lipinski definition) is 5. The van der Waals surface area contributed by atoms with Crippen molar-refractivity contribution in [1.29, 1.82) is 0 Å². The lowest BCUT2D eigenvalue weighted by Gasteiger charge is -2.03. The maximum absolute atomic E-state index is 13.0. The van der Waals surface area contributed by atoms with E-state index >= 15 is 0 Å². The molecule has 128 valence electrons. The van der Waals surface area contributed by atoms with Gasteiger partial charge in [-0.05, 0) is 25.3 Å². The van der Waals surface area contributed by atoms with Gasteiger partial charge in [0.2, 0.25) is 0 Å². The van der Waals surface area contributed by atoms with Crippen LogP contribution in [0.1, 0.15) is 53.5 Å². The van der Waals surface area contributed by atoms with Crippen LogP contribution in [-0.2, 0) is 10.9 Å². The summed E-state index contributed by atoms with van der Waals surface area (Å²) >= 11 is 0.467. The van der Waals surface area contributed by atoms with Gasteiger partial charge < -0.3 is 4.74 Å². The van der Waals surface area contributed by atoms with Gasteiger partial charge in [-0.1, -0.05) is 12.5 Å². The molecule has 0 bridgehead atoms. The number of carbonyl (C=O) groups is 1. The number of aromatic nitrogens is 1. The molecule has 0 saturated carbocycles. The van der Waals surface area contributed by atoms with Crippen LogP contribution in [0, 0.1) is 0 Å². The van der Waals surface area contributed by atoms with Gasteiger partial charge >= 0.3 is 12.1 Å². The summed E-state index contributed by atoms with van der Waals surface area (Å²) in [6, 6.07) is 0. The van der Waals surface area contributed by atoms with Crippen LogP contribution in [0.4, 0.5) is 13.2 Å². The topological polar surface area (TPSA) is 51.5 Å². The van der Waals surface area contributed by atoms with Gasteiger partial charge in [0.1, 0.15) is 0 Å². The van der Waals surface area contributed by atoms with Crippen molar-refractivity contribution in [3.63, 3.8) is 0 Å². The number of nitrogens with zero attached hydrogens (tertiary/aromatic N) is 2. The molecule has 0 radical (unpaired) electrons. The van der Waals surface area contributed by atoms with Crippen LogP contribution in [0.5, 0.6) is 0 Å². The van der Waals surface area contributed by atoms with Gasteiger partial charge in [-0.25, -0.2) is 9.78 Å². The molecule has 2 aliphatic rings. The van der Waals surface area contributed by atoms with Crippen LogP contribution in [0.25, 0.3) is 5.57 Å². The molecule has 2 heterocycles. The van der Waals surface area contributed by atoms with Gasteiger partial charge in [-0.15, -0.1) is 11.3 Å². The van der Waals surface area contributed by atoms with Crippen molar-refractivity contribution >= 4 is 28.6 Å². The summed E-state index contributed by atoms with van der Waals surface area (Å²) in [5.41, 5.74) is 3.38. The van der Waals surface area contributed by atoms with Crippen molar-refractivity contribution in [1.82, 2.24) is 4.98 Å². The molecule has 0 atom stereocenters. The van der Waals surface area contributed by atoms with E-state index in [9.17, 15) is 18.0 Å². The first-order chi connectivity index (χ1) is 11.3. The zero-order chi connectivity index (χ0) is 17.5. The van der Waals surface area contributed by atoms with Crippen LogP contribution >= 0.6 is 11.3 Å². The lowest BCUT2D eigenvalue weighted by atomic mass is 10.1. The minimum atomic E-state index is -4.60. The number of hydrogen-bond donors (Lipinski definition) is 0. The summed E-state index contributed by atoms with van der Waals surface area (Å²) in [5, 5.41) is -1.05. The SMILES string of the molecule is CCOC(=O)c1nc(C(F)(F)F)sc1C1=CN=C(CC)CC2=C1C2. The van der Waals surface area contributed by atoms with Crippen LogP contribution < -0.4 is 0 Å². The van der Waals surface area contributed by atoms with Crippen molar-refractivity contribution in [2.24, 2.45) is 4.99 Å². The molecule has 1 aromatic heterocycles. The molecular weight excluding hydrogens is 341 g/mol. The third kappa shape index (κ3) is 3.15. The van der Waals surface area contributed by atoms with E-state index in [1.807, 2.05) is 6.92 Å². The Balaban J connectivity index is 2.09. The highest BCUT2D eigenvalue weighted by atomic mass is 32.1. The number of aliphatic imine (C=N–C) groups is 1. The molecule has 0 N–H and O–H groups in total. The van der Waals surface area contributed by atoms with E-state index in [1.165, 1.54) is 0 Å². The number of carbonyl (C=O) groups excluding carboxylic acids is 1. The van der Waals surface area contributed by atoms with Gasteiger partial charge in [0.15, 0.2) is 10.7 Å². The Morgan fingerprint density at radius 3 is 2.71 bits per heavy atom. The van der Waals surface area contributed by atoms with Gasteiger partial charge in [-0.3, -0.25) is 4.99 Å². The summed E-state index contributed by atoms with van der Waals surface area (Å²) < 4.78 is 44.0. The third-order valence-electron chi connectivity index (χ3n) is 3.80. The summed E-state index contributed by atoms with van der Waals surface area (Å²) in [7, 11) is 0. The molecule has 4 nitrogen and oxygen atoms in total. The summed E-state index contributed by atoms with van der Waals surface area (Å²) in [6.45, 7) is 3.65. The largest absolute Gasteiger partial charge is 0.461 e. The molecule has 0 saturated heterocycles. The van der Waals surface area contributed by atoms with E-state index in [0.29, 0.717) is 16.9 Å². The van der Waals surface area contributed by atoms with E-state index in [2.05, 4.69) is 9.98 Å². The fourth-order valence-electron chi connectivity index (χ4n) is 2.52. The fourth-order valence-corrected chi connectivity index (χ4v) is 3.48. The molecule has 24 heavy (non-hydrogen) atoms. The van der Waals surface area contributed by atoms with Crippen molar-refractivity contribution < 1.29 is 22.7 Å². The quantitative estimate of drug-likeness (QED) is 0.739. The molecule has 0 amide bonds. The molecular formula is C16H15F3N2O2S. The first kappa shape index (κ1) is 16.9. The Morgan fingerprint density at radius 1 is 1.33 bits per heavy atom. The second-order valence-electron chi connectivity index (χ2n) is 5.44. The van der Waals surface area contributed by atoms with Gasteiger partial charge in [-0.2, -0.15) is 13.2 Å². The Bertz CT molecular complexity index is 788. The second kappa shape index (κ2) is 6.16. The van der Waals surface area contributed by atoms with E-state index in [1.54, 1.807) is 13.1 Å². The molecule has 0 unspecified atom stereocenters. The maximum Gasteiger partial charge on any atom is 0.443 e. The molecule has 0 spiro atoms. The van der Waals surface area contributed by atoms with E-state index < -0.39 is 17.2 Å². The summed E-state index contributed by atoms with van der Waals surface area (Å²) in [6.07, 6.45) is -0.779. The normalized spacial score (nSPS) is 17.0. The first-order valence-electron chi connectivity index (χ1n) is 7.57. The van der Waals surface area contributed by atoms with Gasteiger partial charge in [0, 0.05) is 23.9 Å². The molecule has 8 heteroatoms. The highest BCUT2D eigenvalue weighted by molar-refractivity contribution is 7.13. The van der Waals surface area contributed by atoms with Crippen molar-refractivity contribution in [3.8, 4) is 0 Å². The Labute approximate surface area is 140 Å². The van der Waals surface area contributed by atoms with E-state index in [0.717, 1.165) is 36.1 Å². The number of esters is 1. The second-order valence-corrected chi connectivity index (χ2v) is 6.44. The van der Waals surface area contributed by atoms with Gasteiger partial charge in [0.25, 0.3) is 0 Å². The smallest absolute Gasteiger partial charge is 0.443 e. The lowest BCUT2D eigenvalue weighted by molar-refractivity contribution is -0.137. The molecule has 1 aromatic rings. The Morgan fingerprint density at radius 2 is 2.08 bits per heavy atom. The number of thiazole rings is 1. The Hall–Kier alpha value is -1.96. The molecule has 1 aliphatic heterocycles. The number of alkyl halides is 3. The Kier molecular flexibility index (Phi) is 4.33. The lowest BCUT2D eigenvalue weighted by Crippen LogP contribution is -2.09. The van der Waals surface area contributed by atoms with Gasteiger partial charge in [0.05, 0.1) is 11.5 Å². The van der Waals surface area contributed by atoms with Crippen molar-refractivity contribution in [3.05, 3.63) is 32.9 Å². The minimum Gasteiger partial charge on any atom is -0.461 e. The van der Waals surface area contributed by atoms with Crippen LogP contribution in [-0.4, -0.2) is 23.3 Å². The van der Waals surface area contributed by atoms with E-state index in [-0.39, 0.29) is 17.2 Å². The molecule has 1 aliphatic carbocycles. The maximum atomic E-state index is 13.0. The fraction of sp³-hybridized carbons (Fsp3) is 0.438. The van der Waals surface area contributed by atoms with Crippen LogP contribution in [0.2, 0.25) is 0 Å². The highest BCUT2D eigenvalue weighted by Gasteiger charge is 2.39. The monoisotopic (exact) mass is 356 g/mol. The zero-order valence-corrected chi connectivity index (χ0v) is 14.0. The number of allylic oxidation sites excluding steroid dienone is 3. The number of rotatable bonds is 4. The molecule has 3 rings (SSSR count). The molecule has 0 aromatic carbocycles. The summed E-state index contributed by atoms with van der Waals surface area (Å²) in [4.78, 5) is 20.1. The number of halogens is 3. The van der Waals surface area contributed by atoms with Crippen molar-refractivity contribution in [2.75, 3.05) is 6.61 Å². The van der Waals surface area contributed by atoms with Crippen molar-refractivity contribution in [2.45, 2.75) is 39.3 Å². The third-order valence-corrected chi connectivity index (χ3v) is 4.94. The average Bonchev–Trinajstić information content (AvgIpc) is 3.14. The molecule has 0 fully saturated rings. The van der Waals surface area contributed by atoms with E-state index in [4.69, 9.17) is 4.74 Å². The first-order valence-corrected chi connectivity index (χ1v) is 8.39.